The number of aryl methyl sites for hydroxylation is 2. The number of hydrogen-bond donors (Lipinski definition) is 2. The summed E-state index contributed by atoms with van der Waals surface area (Å²) in [5.74, 6) is 0.105. The number of rotatable bonds is 5. The molecule has 3 aliphatic rings. The number of nitrogens with one attached hydrogen (secondary N) is 2. The highest BCUT2D eigenvalue weighted by Crippen LogP contribution is 2.25. The third-order valence-corrected chi connectivity index (χ3v) is 8.41. The van der Waals surface area contributed by atoms with Crippen LogP contribution in [0, 0.1) is 0 Å². The van der Waals surface area contributed by atoms with Crippen LogP contribution in [0.2, 0.25) is 0 Å². The van der Waals surface area contributed by atoms with Crippen LogP contribution in [0.1, 0.15) is 49.7 Å². The predicted molar refractivity (Wildman–Crippen MR) is 108 cm³/mol. The Labute approximate surface area is 168 Å². The van der Waals surface area contributed by atoms with Gasteiger partial charge in [0, 0.05) is 6.04 Å². The second-order valence-corrected chi connectivity index (χ2v) is 10.5. The molecule has 1 heterocycles. The molecule has 1 saturated carbocycles. The third kappa shape index (κ3) is 4.42. The molecule has 0 radical (unpaired) electrons. The number of benzene rings is 1. The number of hydrogen-bond acceptors (Lipinski definition) is 3. The highest BCUT2D eigenvalue weighted by atomic mass is 32.2. The van der Waals surface area contributed by atoms with E-state index in [2.05, 4.69) is 5.32 Å². The lowest BCUT2D eigenvalue weighted by Gasteiger charge is -2.31. The van der Waals surface area contributed by atoms with Crippen LogP contribution in [0.25, 0.3) is 0 Å². The van der Waals surface area contributed by atoms with Gasteiger partial charge in [-0.05, 0) is 61.8 Å². The first-order valence-electron chi connectivity index (χ1n) is 10.8. The molecule has 1 saturated heterocycles. The van der Waals surface area contributed by atoms with Gasteiger partial charge in [-0.15, -0.1) is 0 Å². The van der Waals surface area contributed by atoms with Gasteiger partial charge in [-0.3, -0.25) is 4.79 Å². The van der Waals surface area contributed by atoms with Crippen LogP contribution in [0.5, 0.6) is 0 Å². The van der Waals surface area contributed by atoms with Gasteiger partial charge in [0.1, 0.15) is 0 Å². The molecule has 2 N–H and O–H groups in total. The summed E-state index contributed by atoms with van der Waals surface area (Å²) in [7, 11) is -3.45. The molecular weight excluding hydrogens is 374 g/mol. The third-order valence-electron chi connectivity index (χ3n) is 6.52. The summed E-state index contributed by atoms with van der Waals surface area (Å²) in [6.07, 6.45) is 8.96. The second kappa shape index (κ2) is 8.51. The zero-order valence-electron chi connectivity index (χ0n) is 16.6. The fourth-order valence-electron chi connectivity index (χ4n) is 4.81. The van der Waals surface area contributed by atoms with Gasteiger partial charge < -0.3 is 10.2 Å². The van der Waals surface area contributed by atoms with E-state index in [9.17, 15) is 13.2 Å². The van der Waals surface area contributed by atoms with Gasteiger partial charge >= 0.3 is 0 Å². The summed E-state index contributed by atoms with van der Waals surface area (Å²) < 4.78 is 27.7. The summed E-state index contributed by atoms with van der Waals surface area (Å²) in [4.78, 5) is 13.8. The molecule has 0 unspecified atom stereocenters. The van der Waals surface area contributed by atoms with E-state index >= 15 is 0 Å². The number of nitrogens with zero attached hydrogens (tertiary/aromatic N) is 1. The molecule has 1 aromatic carbocycles. The molecule has 0 aromatic heterocycles. The second-order valence-electron chi connectivity index (χ2n) is 8.52. The average molecular weight is 407 g/mol. The molecule has 0 bridgehead atoms. The number of amides is 1. The van der Waals surface area contributed by atoms with Gasteiger partial charge in [-0.25, -0.2) is 8.42 Å². The molecule has 0 atom stereocenters. The van der Waals surface area contributed by atoms with E-state index in [1.54, 1.807) is 10.4 Å². The molecule has 154 valence electrons. The Bertz CT molecular complexity index is 810. The first kappa shape index (κ1) is 19.9. The van der Waals surface area contributed by atoms with Crippen LogP contribution in [0.4, 0.5) is 0 Å². The minimum atomic E-state index is -3.45. The van der Waals surface area contributed by atoms with E-state index < -0.39 is 10.0 Å². The SMILES string of the molecule is O=C(C[NH+]1CCN(S(=O)(=O)c2ccc3c(c2)CCCC3)CC1)NC1CCCC1. The Morgan fingerprint density at radius 1 is 1.04 bits per heavy atom. The minimum Gasteiger partial charge on any atom is -0.348 e. The molecule has 1 amide bonds. The summed E-state index contributed by atoms with van der Waals surface area (Å²) in [6.45, 7) is 2.77. The standard InChI is InChI=1S/C21H31N3O3S/c25-21(22-19-7-3-4-8-19)16-23-11-13-24(14-12-23)28(26,27)20-10-9-17-5-1-2-6-18(17)15-20/h9-10,15,19H,1-8,11-14,16H2,(H,22,25)/p+1. The van der Waals surface area contributed by atoms with Crippen LogP contribution in [0.15, 0.2) is 23.1 Å². The molecular formula is C21H32N3O3S+. The smallest absolute Gasteiger partial charge is 0.275 e. The fraction of sp³-hybridized carbons (Fsp3) is 0.667. The Morgan fingerprint density at radius 2 is 1.71 bits per heavy atom. The van der Waals surface area contributed by atoms with Gasteiger partial charge in [-0.2, -0.15) is 4.31 Å². The largest absolute Gasteiger partial charge is 0.348 e. The van der Waals surface area contributed by atoms with Crippen LogP contribution in [-0.2, 0) is 27.7 Å². The number of sulfonamides is 1. The van der Waals surface area contributed by atoms with Gasteiger partial charge in [0.15, 0.2) is 6.54 Å². The first-order chi connectivity index (χ1) is 13.5. The molecule has 2 aliphatic carbocycles. The van der Waals surface area contributed by atoms with Crippen molar-refractivity contribution in [1.29, 1.82) is 0 Å². The Hall–Kier alpha value is -1.44. The van der Waals surface area contributed by atoms with Crippen molar-refractivity contribution in [1.82, 2.24) is 9.62 Å². The monoisotopic (exact) mass is 406 g/mol. The molecule has 6 nitrogen and oxygen atoms in total. The summed E-state index contributed by atoms with van der Waals surface area (Å²) in [5, 5.41) is 3.13. The lowest BCUT2D eigenvalue weighted by Crippen LogP contribution is -3.15. The molecule has 1 aliphatic heterocycles. The van der Waals surface area contributed by atoms with Crippen molar-refractivity contribution in [3.05, 3.63) is 29.3 Å². The van der Waals surface area contributed by atoms with Gasteiger partial charge in [-0.1, -0.05) is 18.9 Å². The van der Waals surface area contributed by atoms with Crippen LogP contribution >= 0.6 is 0 Å². The van der Waals surface area contributed by atoms with E-state index in [1.807, 2.05) is 12.1 Å². The van der Waals surface area contributed by atoms with Crippen molar-refractivity contribution in [2.24, 2.45) is 0 Å². The fourth-order valence-corrected chi connectivity index (χ4v) is 6.31. The predicted octanol–water partition coefficient (Wildman–Crippen LogP) is 0.513. The van der Waals surface area contributed by atoms with Crippen molar-refractivity contribution >= 4 is 15.9 Å². The van der Waals surface area contributed by atoms with E-state index in [0.717, 1.165) is 32.1 Å². The van der Waals surface area contributed by atoms with E-state index in [-0.39, 0.29) is 5.91 Å². The van der Waals surface area contributed by atoms with E-state index in [1.165, 1.54) is 35.3 Å². The zero-order chi connectivity index (χ0) is 19.6. The van der Waals surface area contributed by atoms with Gasteiger partial charge in [0.05, 0.1) is 31.1 Å². The van der Waals surface area contributed by atoms with Crippen molar-refractivity contribution in [3.63, 3.8) is 0 Å². The normalized spacial score (nSPS) is 22.1. The van der Waals surface area contributed by atoms with E-state index in [0.29, 0.717) is 43.7 Å². The Balaban J connectivity index is 1.33. The Kier molecular flexibility index (Phi) is 6.04. The molecule has 4 rings (SSSR count). The lowest BCUT2D eigenvalue weighted by atomic mass is 9.92. The Morgan fingerprint density at radius 3 is 2.43 bits per heavy atom. The van der Waals surface area contributed by atoms with Gasteiger partial charge in [0.2, 0.25) is 10.0 Å². The maximum atomic E-state index is 13.1. The molecule has 7 heteroatoms. The lowest BCUT2D eigenvalue weighted by molar-refractivity contribution is -0.895. The minimum absolute atomic E-state index is 0.105. The quantitative estimate of drug-likeness (QED) is 0.749. The first-order valence-corrected chi connectivity index (χ1v) is 12.2. The summed E-state index contributed by atoms with van der Waals surface area (Å²) >= 11 is 0. The van der Waals surface area contributed by atoms with Crippen LogP contribution in [0.3, 0.4) is 0 Å². The maximum Gasteiger partial charge on any atom is 0.275 e. The molecule has 28 heavy (non-hydrogen) atoms. The molecule has 0 spiro atoms. The number of carbonyl (C=O) groups is 1. The highest BCUT2D eigenvalue weighted by Gasteiger charge is 2.32. The van der Waals surface area contributed by atoms with Crippen LogP contribution in [-0.4, -0.2) is 57.4 Å². The highest BCUT2D eigenvalue weighted by molar-refractivity contribution is 7.89. The number of piperazine rings is 1. The number of quaternary nitrogens is 1. The van der Waals surface area contributed by atoms with Crippen molar-refractivity contribution < 1.29 is 18.1 Å². The molecule has 2 fully saturated rings. The van der Waals surface area contributed by atoms with Crippen molar-refractivity contribution in [3.8, 4) is 0 Å². The number of fused-ring (bicyclic) bond motifs is 1. The van der Waals surface area contributed by atoms with Gasteiger partial charge in [0.25, 0.3) is 5.91 Å². The average Bonchev–Trinajstić information content (AvgIpc) is 3.21. The maximum absolute atomic E-state index is 13.1. The van der Waals surface area contributed by atoms with E-state index in [4.69, 9.17) is 0 Å². The number of carbonyl (C=O) groups excluding carboxylic acids is 1. The topological polar surface area (TPSA) is 70.9 Å². The summed E-state index contributed by atoms with van der Waals surface area (Å²) in [6, 6.07) is 6.00. The van der Waals surface area contributed by atoms with Crippen molar-refractivity contribution in [2.75, 3.05) is 32.7 Å². The zero-order valence-corrected chi connectivity index (χ0v) is 17.4. The molecule has 1 aromatic rings. The summed E-state index contributed by atoms with van der Waals surface area (Å²) in [5.41, 5.74) is 2.49. The van der Waals surface area contributed by atoms with Crippen molar-refractivity contribution in [2.45, 2.75) is 62.3 Å². The van der Waals surface area contributed by atoms with Crippen LogP contribution < -0.4 is 10.2 Å².